The third-order valence-corrected chi connectivity index (χ3v) is 5.44. The first-order chi connectivity index (χ1) is 13.4. The smallest absolute Gasteiger partial charge is 0.248 e. The third kappa shape index (κ3) is 5.40. The fourth-order valence-corrected chi connectivity index (χ4v) is 4.12. The summed E-state index contributed by atoms with van der Waals surface area (Å²) in [5.74, 6) is -1.68. The van der Waals surface area contributed by atoms with Crippen molar-refractivity contribution in [1.82, 2.24) is 9.80 Å². The number of amides is 1. The lowest BCUT2D eigenvalue weighted by molar-refractivity contribution is -0.138. The number of ether oxygens (including phenoxy) is 2. The van der Waals surface area contributed by atoms with Crippen molar-refractivity contribution < 1.29 is 28.2 Å². The molecule has 6 nitrogen and oxygen atoms in total. The van der Waals surface area contributed by atoms with Gasteiger partial charge in [0.25, 0.3) is 0 Å². The zero-order valence-corrected chi connectivity index (χ0v) is 16.2. The van der Waals surface area contributed by atoms with Gasteiger partial charge < -0.3 is 19.5 Å². The molecule has 1 heterocycles. The molecule has 1 aromatic carbocycles. The second-order valence-electron chi connectivity index (χ2n) is 7.78. The summed E-state index contributed by atoms with van der Waals surface area (Å²) in [5.41, 5.74) is -1.36. The Hall–Kier alpha value is -1.77. The minimum atomic E-state index is -1.36. The first-order valence-electron chi connectivity index (χ1n) is 9.70. The molecule has 1 aromatic rings. The number of hydrogen-bond acceptors (Lipinski definition) is 5. The largest absolute Gasteiger partial charge is 0.490 e. The van der Waals surface area contributed by atoms with E-state index >= 15 is 0 Å². The maximum Gasteiger partial charge on any atom is 0.248 e. The van der Waals surface area contributed by atoms with Crippen molar-refractivity contribution in [3.05, 3.63) is 29.8 Å². The molecule has 1 amide bonds. The van der Waals surface area contributed by atoms with Crippen LogP contribution < -0.4 is 4.74 Å². The summed E-state index contributed by atoms with van der Waals surface area (Å²) in [4.78, 5) is 16.1. The fraction of sp³-hybridized carbons (Fsp3) is 0.650. The molecule has 2 aliphatic rings. The standard InChI is InChI=1S/C20H28F2N2O4/c1-27-11-19(25)24-7-6-23(17-4-2-3-5-17)12-20(26,13-24)14-28-18-9-15(21)8-16(22)10-18/h8-10,17,26H,2-7,11-14H2,1H3/t20-/m1/s1. The van der Waals surface area contributed by atoms with Crippen LogP contribution in [0.2, 0.25) is 0 Å². The zero-order chi connectivity index (χ0) is 20.1. The predicted octanol–water partition coefficient (Wildman–Crippen LogP) is 1.81. The molecule has 0 unspecified atom stereocenters. The van der Waals surface area contributed by atoms with E-state index in [1.165, 1.54) is 7.11 Å². The van der Waals surface area contributed by atoms with Gasteiger partial charge in [-0.3, -0.25) is 9.69 Å². The second-order valence-corrected chi connectivity index (χ2v) is 7.78. The molecule has 0 spiro atoms. The van der Waals surface area contributed by atoms with Crippen LogP contribution in [-0.2, 0) is 9.53 Å². The van der Waals surface area contributed by atoms with Crippen LogP contribution in [0, 0.1) is 11.6 Å². The molecule has 1 saturated heterocycles. The summed E-state index contributed by atoms with van der Waals surface area (Å²) in [6.45, 7) is 1.35. The minimum Gasteiger partial charge on any atom is -0.490 e. The Labute approximate surface area is 164 Å². The molecule has 28 heavy (non-hydrogen) atoms. The van der Waals surface area contributed by atoms with Gasteiger partial charge in [-0.1, -0.05) is 12.8 Å². The van der Waals surface area contributed by atoms with Crippen LogP contribution in [0.1, 0.15) is 25.7 Å². The van der Waals surface area contributed by atoms with Crippen LogP contribution in [0.5, 0.6) is 5.75 Å². The van der Waals surface area contributed by atoms with E-state index < -0.39 is 17.2 Å². The van der Waals surface area contributed by atoms with Gasteiger partial charge in [0.15, 0.2) is 0 Å². The molecular weight excluding hydrogens is 370 g/mol. The lowest BCUT2D eigenvalue weighted by Crippen LogP contribution is -2.53. The number of hydrogen-bond donors (Lipinski definition) is 1. The molecule has 8 heteroatoms. The van der Waals surface area contributed by atoms with Crippen LogP contribution in [0.15, 0.2) is 18.2 Å². The summed E-state index contributed by atoms with van der Waals surface area (Å²) < 4.78 is 37.3. The van der Waals surface area contributed by atoms with Gasteiger partial charge in [0, 0.05) is 51.0 Å². The topological polar surface area (TPSA) is 62.2 Å². The third-order valence-electron chi connectivity index (χ3n) is 5.44. The van der Waals surface area contributed by atoms with Crippen molar-refractivity contribution in [2.45, 2.75) is 37.3 Å². The molecule has 0 radical (unpaired) electrons. The van der Waals surface area contributed by atoms with Crippen LogP contribution in [0.3, 0.4) is 0 Å². The highest BCUT2D eigenvalue weighted by atomic mass is 19.1. The number of carbonyl (C=O) groups excluding carboxylic acids is 1. The van der Waals surface area contributed by atoms with E-state index in [0.717, 1.165) is 43.9 Å². The van der Waals surface area contributed by atoms with E-state index in [-0.39, 0.29) is 31.4 Å². The average Bonchev–Trinajstić information content (AvgIpc) is 3.10. The lowest BCUT2D eigenvalue weighted by atomic mass is 10.0. The van der Waals surface area contributed by atoms with E-state index in [4.69, 9.17) is 9.47 Å². The molecule has 0 aromatic heterocycles. The number of nitrogens with zero attached hydrogens (tertiary/aromatic N) is 2. The first-order valence-corrected chi connectivity index (χ1v) is 9.70. The first kappa shape index (κ1) is 21.0. The summed E-state index contributed by atoms with van der Waals surface area (Å²) in [6, 6.07) is 3.29. The fourth-order valence-electron chi connectivity index (χ4n) is 4.12. The number of benzene rings is 1. The van der Waals surface area contributed by atoms with Crippen molar-refractivity contribution in [2.75, 3.05) is 46.5 Å². The average molecular weight is 398 g/mol. The van der Waals surface area contributed by atoms with Gasteiger partial charge in [-0.15, -0.1) is 0 Å². The summed E-state index contributed by atoms with van der Waals surface area (Å²) in [7, 11) is 1.45. The number of aliphatic hydroxyl groups is 1. The highest BCUT2D eigenvalue weighted by molar-refractivity contribution is 5.77. The second kappa shape index (κ2) is 9.15. The predicted molar refractivity (Wildman–Crippen MR) is 99.1 cm³/mol. The Kier molecular flexibility index (Phi) is 6.85. The molecule has 1 aliphatic carbocycles. The van der Waals surface area contributed by atoms with Crippen molar-refractivity contribution in [3.63, 3.8) is 0 Å². The van der Waals surface area contributed by atoms with Crippen molar-refractivity contribution in [1.29, 1.82) is 0 Å². The number of rotatable bonds is 6. The van der Waals surface area contributed by atoms with Crippen LogP contribution >= 0.6 is 0 Å². The zero-order valence-electron chi connectivity index (χ0n) is 16.2. The molecule has 3 rings (SSSR count). The van der Waals surface area contributed by atoms with Gasteiger partial charge in [-0.05, 0) is 12.8 Å². The van der Waals surface area contributed by atoms with E-state index in [2.05, 4.69) is 4.90 Å². The van der Waals surface area contributed by atoms with E-state index in [1.54, 1.807) is 4.90 Å². The highest BCUT2D eigenvalue weighted by Crippen LogP contribution is 2.27. The Balaban J connectivity index is 1.74. The molecule has 1 N–H and O–H groups in total. The van der Waals surface area contributed by atoms with Crippen molar-refractivity contribution in [3.8, 4) is 5.75 Å². The van der Waals surface area contributed by atoms with Crippen LogP contribution in [0.25, 0.3) is 0 Å². The number of β-amino-alcohol motifs (C(OH)–C–C–N with tert-alkyl or cyclic N) is 1. The van der Waals surface area contributed by atoms with Gasteiger partial charge >= 0.3 is 0 Å². The van der Waals surface area contributed by atoms with Gasteiger partial charge in [0.2, 0.25) is 5.91 Å². The maximum absolute atomic E-state index is 13.4. The van der Waals surface area contributed by atoms with Gasteiger partial charge in [0.05, 0.1) is 6.54 Å². The van der Waals surface area contributed by atoms with Crippen LogP contribution in [0.4, 0.5) is 8.78 Å². The number of halogens is 2. The van der Waals surface area contributed by atoms with Gasteiger partial charge in [-0.25, -0.2) is 8.78 Å². The van der Waals surface area contributed by atoms with Gasteiger partial charge in [-0.2, -0.15) is 0 Å². The highest BCUT2D eigenvalue weighted by Gasteiger charge is 2.39. The molecule has 1 atom stereocenters. The van der Waals surface area contributed by atoms with Crippen molar-refractivity contribution in [2.24, 2.45) is 0 Å². The number of carbonyl (C=O) groups is 1. The normalized spacial score (nSPS) is 24.4. The van der Waals surface area contributed by atoms with E-state index in [0.29, 0.717) is 25.7 Å². The Morgan fingerprint density at radius 3 is 2.50 bits per heavy atom. The summed E-state index contributed by atoms with van der Waals surface area (Å²) in [6.07, 6.45) is 4.45. The molecular formula is C20H28F2N2O4. The van der Waals surface area contributed by atoms with E-state index in [1.807, 2.05) is 0 Å². The quantitative estimate of drug-likeness (QED) is 0.792. The maximum atomic E-state index is 13.4. The molecule has 2 fully saturated rings. The molecule has 1 aliphatic heterocycles. The Morgan fingerprint density at radius 2 is 1.86 bits per heavy atom. The Morgan fingerprint density at radius 1 is 1.18 bits per heavy atom. The number of methoxy groups -OCH3 is 1. The van der Waals surface area contributed by atoms with Crippen LogP contribution in [-0.4, -0.2) is 79.0 Å². The van der Waals surface area contributed by atoms with Crippen molar-refractivity contribution >= 4 is 5.91 Å². The minimum absolute atomic E-state index is 0.0114. The lowest BCUT2D eigenvalue weighted by Gasteiger charge is -2.35. The molecule has 156 valence electrons. The SMILES string of the molecule is COCC(=O)N1CCN(C2CCCC2)C[C@](O)(COc2cc(F)cc(F)c2)C1. The summed E-state index contributed by atoms with van der Waals surface area (Å²) >= 11 is 0. The monoisotopic (exact) mass is 398 g/mol. The Bertz CT molecular complexity index is 664. The molecule has 0 bridgehead atoms. The van der Waals surface area contributed by atoms with Gasteiger partial charge in [0.1, 0.15) is 36.2 Å². The summed E-state index contributed by atoms with van der Waals surface area (Å²) in [5, 5.41) is 11.3. The van der Waals surface area contributed by atoms with E-state index in [9.17, 15) is 18.7 Å². The molecule has 1 saturated carbocycles.